The fraction of sp³-hybridized carbons (Fsp3) is 0.875. The molecule has 0 radical (unpaired) electrons. The predicted octanol–water partition coefficient (Wildman–Crippen LogP) is 1.36. The zero-order valence-electron chi connectivity index (χ0n) is 14.0. The molecule has 23 heavy (non-hydrogen) atoms. The van der Waals surface area contributed by atoms with Crippen molar-refractivity contribution in [3.8, 4) is 0 Å². The quantitative estimate of drug-likeness (QED) is 0.811. The molecule has 0 aliphatic carbocycles. The van der Waals surface area contributed by atoms with E-state index in [-0.39, 0.29) is 24.7 Å². The van der Waals surface area contributed by atoms with Crippen LogP contribution in [0, 0.1) is 0 Å². The normalized spacial score (nSPS) is 31.8. The summed E-state index contributed by atoms with van der Waals surface area (Å²) in [4.78, 5) is 24.9. The van der Waals surface area contributed by atoms with Crippen LogP contribution < -0.4 is 5.32 Å². The minimum Gasteiger partial charge on any atom is -0.481 e. The summed E-state index contributed by atoms with van der Waals surface area (Å²) in [6.45, 7) is 6.18. The zero-order valence-corrected chi connectivity index (χ0v) is 14.0. The minimum atomic E-state index is -0.856. The minimum absolute atomic E-state index is 0.000183. The molecule has 3 unspecified atom stereocenters. The lowest BCUT2D eigenvalue weighted by atomic mass is 9.83. The third-order valence-corrected chi connectivity index (χ3v) is 4.73. The number of fused-ring (bicyclic) bond motifs is 2. The van der Waals surface area contributed by atoms with Crippen molar-refractivity contribution in [2.45, 2.75) is 75.8 Å². The zero-order chi connectivity index (χ0) is 16.8. The van der Waals surface area contributed by atoms with Gasteiger partial charge in [-0.1, -0.05) is 0 Å². The van der Waals surface area contributed by atoms with Crippen LogP contribution >= 0.6 is 0 Å². The standard InChI is InChI=1S/C16H26N2O5/c1-15(2,3)23-14(21)18-8-16(9-18,7-13(19)20)17-11-6-10-4-5-12(11)22-10/h10-12,17H,4-9H2,1-3H3,(H,19,20). The Morgan fingerprint density at radius 3 is 2.52 bits per heavy atom. The molecule has 7 heteroatoms. The van der Waals surface area contributed by atoms with Crippen molar-refractivity contribution in [3.05, 3.63) is 0 Å². The summed E-state index contributed by atoms with van der Waals surface area (Å²) in [6, 6.07) is 0.189. The van der Waals surface area contributed by atoms with Crippen LogP contribution in [0.15, 0.2) is 0 Å². The van der Waals surface area contributed by atoms with Crippen LogP contribution in [-0.2, 0) is 14.3 Å². The molecule has 2 bridgehead atoms. The molecule has 3 atom stereocenters. The van der Waals surface area contributed by atoms with Gasteiger partial charge in [-0.15, -0.1) is 0 Å². The van der Waals surface area contributed by atoms with Gasteiger partial charge in [0.15, 0.2) is 0 Å². The molecule has 1 amide bonds. The maximum Gasteiger partial charge on any atom is 0.410 e. The van der Waals surface area contributed by atoms with E-state index < -0.39 is 17.1 Å². The van der Waals surface area contributed by atoms with Crippen molar-refractivity contribution < 1.29 is 24.2 Å². The lowest BCUT2D eigenvalue weighted by Crippen LogP contribution is -2.73. The summed E-state index contributed by atoms with van der Waals surface area (Å²) < 4.78 is 11.2. The topological polar surface area (TPSA) is 88.1 Å². The van der Waals surface area contributed by atoms with Crippen molar-refractivity contribution in [2.24, 2.45) is 0 Å². The second kappa shape index (κ2) is 5.63. The number of carboxylic acid groups (broad SMARTS) is 1. The summed E-state index contributed by atoms with van der Waals surface area (Å²) in [5.74, 6) is -0.856. The van der Waals surface area contributed by atoms with Gasteiger partial charge in [-0.25, -0.2) is 4.79 Å². The SMILES string of the molecule is CC(C)(C)OC(=O)N1CC(CC(=O)O)(NC2CC3CCC2O3)C1. The van der Waals surface area contributed by atoms with Crippen LogP contribution in [0.25, 0.3) is 0 Å². The molecule has 3 aliphatic heterocycles. The molecule has 3 fully saturated rings. The van der Waals surface area contributed by atoms with Gasteiger partial charge in [0.2, 0.25) is 0 Å². The van der Waals surface area contributed by atoms with Gasteiger partial charge in [-0.3, -0.25) is 4.79 Å². The number of likely N-dealkylation sites (tertiary alicyclic amines) is 1. The maximum atomic E-state index is 12.1. The Morgan fingerprint density at radius 2 is 2.04 bits per heavy atom. The lowest BCUT2D eigenvalue weighted by Gasteiger charge is -2.51. The van der Waals surface area contributed by atoms with Crippen molar-refractivity contribution in [1.29, 1.82) is 0 Å². The van der Waals surface area contributed by atoms with Crippen molar-refractivity contribution in [1.82, 2.24) is 10.2 Å². The Bertz CT molecular complexity index is 495. The van der Waals surface area contributed by atoms with Crippen LogP contribution in [0.2, 0.25) is 0 Å². The van der Waals surface area contributed by atoms with Crippen LogP contribution in [0.5, 0.6) is 0 Å². The molecule has 0 aromatic heterocycles. The van der Waals surface area contributed by atoms with Crippen LogP contribution in [0.1, 0.15) is 46.5 Å². The van der Waals surface area contributed by atoms with Gasteiger partial charge in [-0.05, 0) is 40.0 Å². The summed E-state index contributed by atoms with van der Waals surface area (Å²) in [5, 5.41) is 12.7. The van der Waals surface area contributed by atoms with E-state index in [1.54, 1.807) is 4.90 Å². The van der Waals surface area contributed by atoms with E-state index in [0.29, 0.717) is 19.2 Å². The third kappa shape index (κ3) is 3.61. The molecule has 130 valence electrons. The van der Waals surface area contributed by atoms with Gasteiger partial charge in [0.25, 0.3) is 0 Å². The molecule has 0 spiro atoms. The smallest absolute Gasteiger partial charge is 0.410 e. The second-order valence-electron chi connectivity index (χ2n) is 8.05. The molecule has 3 heterocycles. The summed E-state index contributed by atoms with van der Waals surface area (Å²) >= 11 is 0. The first-order chi connectivity index (χ1) is 10.7. The van der Waals surface area contributed by atoms with Crippen LogP contribution in [0.4, 0.5) is 4.79 Å². The summed E-state index contributed by atoms with van der Waals surface area (Å²) in [6.07, 6.45) is 3.16. The Kier molecular flexibility index (Phi) is 4.04. The molecular weight excluding hydrogens is 300 g/mol. The van der Waals surface area contributed by atoms with Gasteiger partial charge in [-0.2, -0.15) is 0 Å². The number of nitrogens with one attached hydrogen (secondary N) is 1. The highest BCUT2D eigenvalue weighted by Crippen LogP contribution is 2.37. The van der Waals surface area contributed by atoms with E-state index in [1.165, 1.54) is 0 Å². The van der Waals surface area contributed by atoms with E-state index in [1.807, 2.05) is 20.8 Å². The lowest BCUT2D eigenvalue weighted by molar-refractivity contribution is -0.141. The molecule has 3 aliphatic rings. The van der Waals surface area contributed by atoms with Crippen molar-refractivity contribution >= 4 is 12.1 Å². The number of nitrogens with zero attached hydrogens (tertiary/aromatic N) is 1. The van der Waals surface area contributed by atoms with Crippen LogP contribution in [0.3, 0.4) is 0 Å². The van der Waals surface area contributed by atoms with E-state index in [2.05, 4.69) is 5.32 Å². The Labute approximate surface area is 136 Å². The van der Waals surface area contributed by atoms with Crippen LogP contribution in [-0.4, -0.2) is 64.5 Å². The largest absolute Gasteiger partial charge is 0.481 e. The van der Waals surface area contributed by atoms with Crippen molar-refractivity contribution in [2.75, 3.05) is 13.1 Å². The fourth-order valence-electron chi connectivity index (χ4n) is 3.87. The van der Waals surface area contributed by atoms with Crippen molar-refractivity contribution in [3.63, 3.8) is 0 Å². The van der Waals surface area contributed by atoms with E-state index >= 15 is 0 Å². The highest BCUT2D eigenvalue weighted by Gasteiger charge is 2.52. The number of amides is 1. The van der Waals surface area contributed by atoms with Gasteiger partial charge in [0, 0.05) is 19.1 Å². The first kappa shape index (κ1) is 16.5. The summed E-state index contributed by atoms with van der Waals surface area (Å²) in [7, 11) is 0. The third-order valence-electron chi connectivity index (χ3n) is 4.73. The Hall–Kier alpha value is -1.34. The molecule has 7 nitrogen and oxygen atoms in total. The molecule has 0 aromatic carbocycles. The van der Waals surface area contributed by atoms with E-state index in [4.69, 9.17) is 9.47 Å². The number of hydrogen-bond donors (Lipinski definition) is 2. The average Bonchev–Trinajstić information content (AvgIpc) is 2.94. The Balaban J connectivity index is 1.59. The number of carbonyl (C=O) groups excluding carboxylic acids is 1. The fourth-order valence-corrected chi connectivity index (χ4v) is 3.87. The molecule has 0 aromatic rings. The second-order valence-corrected chi connectivity index (χ2v) is 8.05. The first-order valence-corrected chi connectivity index (χ1v) is 8.29. The number of rotatable bonds is 4. The van der Waals surface area contributed by atoms with Gasteiger partial charge >= 0.3 is 12.1 Å². The van der Waals surface area contributed by atoms with Gasteiger partial charge in [0.05, 0.1) is 24.2 Å². The predicted molar refractivity (Wildman–Crippen MR) is 82.2 cm³/mol. The number of hydrogen-bond acceptors (Lipinski definition) is 5. The molecule has 3 rings (SSSR count). The van der Waals surface area contributed by atoms with Gasteiger partial charge < -0.3 is 24.8 Å². The number of ether oxygens (including phenoxy) is 2. The van der Waals surface area contributed by atoms with Gasteiger partial charge in [0.1, 0.15) is 5.60 Å². The number of carboxylic acids is 1. The molecule has 2 N–H and O–H groups in total. The molecule has 0 saturated carbocycles. The highest BCUT2D eigenvalue weighted by atomic mass is 16.6. The number of aliphatic carboxylic acids is 1. The number of carbonyl (C=O) groups is 2. The molecular formula is C16H26N2O5. The first-order valence-electron chi connectivity index (χ1n) is 8.29. The Morgan fingerprint density at radius 1 is 1.35 bits per heavy atom. The average molecular weight is 326 g/mol. The monoisotopic (exact) mass is 326 g/mol. The highest BCUT2D eigenvalue weighted by molar-refractivity contribution is 5.73. The molecule has 3 saturated heterocycles. The summed E-state index contributed by atoms with van der Waals surface area (Å²) in [5.41, 5.74) is -1.12. The maximum absolute atomic E-state index is 12.1. The van der Waals surface area contributed by atoms with E-state index in [0.717, 1.165) is 19.3 Å². The van der Waals surface area contributed by atoms with E-state index in [9.17, 15) is 14.7 Å².